The fourth-order valence-corrected chi connectivity index (χ4v) is 2.60. The van der Waals surface area contributed by atoms with Crippen LogP contribution in [0.5, 0.6) is 0 Å². The minimum atomic E-state index is 0.0635. The second-order valence-electron chi connectivity index (χ2n) is 5.82. The van der Waals surface area contributed by atoms with Crippen molar-refractivity contribution in [2.45, 2.75) is 33.1 Å². The van der Waals surface area contributed by atoms with Crippen molar-refractivity contribution < 1.29 is 0 Å². The first-order chi connectivity index (χ1) is 9.40. The van der Waals surface area contributed by atoms with Crippen LogP contribution >= 0.6 is 15.9 Å². The van der Waals surface area contributed by atoms with Crippen LogP contribution in [0, 0.1) is 13.8 Å². The minimum absolute atomic E-state index is 0.0635. The second kappa shape index (κ2) is 5.96. The molecule has 1 N–H and O–H groups in total. The van der Waals surface area contributed by atoms with E-state index >= 15 is 0 Å². The van der Waals surface area contributed by atoms with E-state index in [1.54, 1.807) is 0 Å². The lowest BCUT2D eigenvalue weighted by atomic mass is 9.82. The first-order valence-electron chi connectivity index (χ1n) is 6.83. The van der Waals surface area contributed by atoms with E-state index in [1.807, 2.05) is 19.1 Å². The molecule has 3 heteroatoms. The number of halogens is 1. The van der Waals surface area contributed by atoms with Crippen molar-refractivity contribution in [3.63, 3.8) is 0 Å². The normalized spacial score (nSPS) is 11.4. The highest BCUT2D eigenvalue weighted by Gasteiger charge is 2.22. The van der Waals surface area contributed by atoms with Crippen LogP contribution in [0.25, 0.3) is 0 Å². The third kappa shape index (κ3) is 3.40. The Labute approximate surface area is 129 Å². The van der Waals surface area contributed by atoms with E-state index < -0.39 is 0 Å². The van der Waals surface area contributed by atoms with Crippen LogP contribution in [0.15, 0.2) is 40.9 Å². The molecule has 2 rings (SSSR count). The van der Waals surface area contributed by atoms with Crippen molar-refractivity contribution in [1.82, 2.24) is 4.98 Å². The van der Waals surface area contributed by atoms with Gasteiger partial charge in [0, 0.05) is 16.4 Å². The molecule has 0 bridgehead atoms. The van der Waals surface area contributed by atoms with E-state index in [9.17, 15) is 0 Å². The van der Waals surface area contributed by atoms with Crippen molar-refractivity contribution >= 4 is 21.7 Å². The Morgan fingerprint density at radius 3 is 2.45 bits per heavy atom. The average molecular weight is 333 g/mol. The van der Waals surface area contributed by atoms with Gasteiger partial charge < -0.3 is 5.32 Å². The monoisotopic (exact) mass is 332 g/mol. The quantitative estimate of drug-likeness (QED) is 0.865. The molecular weight excluding hydrogens is 312 g/mol. The smallest absolute Gasteiger partial charge is 0.126 e. The molecule has 1 heterocycles. The van der Waals surface area contributed by atoms with E-state index in [0.29, 0.717) is 0 Å². The molecule has 20 heavy (non-hydrogen) atoms. The molecule has 0 radical (unpaired) electrons. The number of aryl methyl sites for hydroxylation is 2. The van der Waals surface area contributed by atoms with Gasteiger partial charge in [-0.15, -0.1) is 0 Å². The molecule has 0 atom stereocenters. The Hall–Kier alpha value is -1.35. The maximum Gasteiger partial charge on any atom is 0.126 e. The molecule has 106 valence electrons. The fourth-order valence-electron chi connectivity index (χ4n) is 2.38. The van der Waals surface area contributed by atoms with Crippen LogP contribution in [-0.4, -0.2) is 11.5 Å². The Kier molecular flexibility index (Phi) is 4.48. The molecule has 0 aliphatic rings. The largest absolute Gasteiger partial charge is 0.369 e. The molecule has 0 saturated carbocycles. The maximum atomic E-state index is 4.53. The van der Waals surface area contributed by atoms with Crippen molar-refractivity contribution in [2.24, 2.45) is 0 Å². The lowest BCUT2D eigenvalue weighted by molar-refractivity contribution is 0.552. The number of nitrogens with one attached hydrogen (secondary N) is 1. The van der Waals surface area contributed by atoms with E-state index in [2.05, 4.69) is 71.3 Å². The van der Waals surface area contributed by atoms with Gasteiger partial charge in [-0.2, -0.15) is 0 Å². The molecule has 0 aliphatic heterocycles. The van der Waals surface area contributed by atoms with Crippen LogP contribution < -0.4 is 5.32 Å². The van der Waals surface area contributed by atoms with Crippen molar-refractivity contribution in [2.75, 3.05) is 11.9 Å². The number of benzene rings is 1. The van der Waals surface area contributed by atoms with Crippen LogP contribution in [0.3, 0.4) is 0 Å². The summed E-state index contributed by atoms with van der Waals surface area (Å²) in [6, 6.07) is 12.6. The van der Waals surface area contributed by atoms with Gasteiger partial charge in [-0.1, -0.05) is 38.1 Å². The van der Waals surface area contributed by atoms with E-state index in [1.165, 1.54) is 11.1 Å². The summed E-state index contributed by atoms with van der Waals surface area (Å²) in [5, 5.41) is 3.45. The predicted octanol–water partition coefficient (Wildman–Crippen LogP) is 4.85. The molecule has 0 unspecified atom stereocenters. The van der Waals surface area contributed by atoms with Crippen LogP contribution in [-0.2, 0) is 5.41 Å². The SMILES string of the molecule is Cc1ccccc1C(C)(C)CNc1ccc(Br)c(C)n1. The molecule has 0 fully saturated rings. The summed E-state index contributed by atoms with van der Waals surface area (Å²) >= 11 is 3.48. The van der Waals surface area contributed by atoms with Gasteiger partial charge in [0.25, 0.3) is 0 Å². The Morgan fingerprint density at radius 1 is 1.10 bits per heavy atom. The summed E-state index contributed by atoms with van der Waals surface area (Å²) in [5.41, 5.74) is 3.78. The van der Waals surface area contributed by atoms with E-state index in [-0.39, 0.29) is 5.41 Å². The maximum absolute atomic E-state index is 4.53. The summed E-state index contributed by atoms with van der Waals surface area (Å²) in [5.74, 6) is 0.923. The molecule has 0 saturated heterocycles. The highest BCUT2D eigenvalue weighted by Crippen LogP contribution is 2.26. The van der Waals surface area contributed by atoms with Gasteiger partial charge in [0.1, 0.15) is 5.82 Å². The summed E-state index contributed by atoms with van der Waals surface area (Å²) < 4.78 is 1.04. The lowest BCUT2D eigenvalue weighted by Gasteiger charge is -2.27. The highest BCUT2D eigenvalue weighted by molar-refractivity contribution is 9.10. The zero-order valence-electron chi connectivity index (χ0n) is 12.5. The Morgan fingerprint density at radius 2 is 1.80 bits per heavy atom. The molecule has 0 spiro atoms. The molecular formula is C17H21BrN2. The third-order valence-electron chi connectivity index (χ3n) is 3.61. The zero-order valence-corrected chi connectivity index (χ0v) is 14.1. The van der Waals surface area contributed by atoms with Gasteiger partial charge >= 0.3 is 0 Å². The van der Waals surface area contributed by atoms with Gasteiger partial charge in [-0.25, -0.2) is 4.98 Å². The Balaban J connectivity index is 2.13. The van der Waals surface area contributed by atoms with Gasteiger partial charge in [-0.05, 0) is 53.0 Å². The average Bonchev–Trinajstić information content (AvgIpc) is 2.40. The summed E-state index contributed by atoms with van der Waals surface area (Å²) in [6.07, 6.45) is 0. The van der Waals surface area contributed by atoms with Gasteiger partial charge in [-0.3, -0.25) is 0 Å². The molecule has 2 nitrogen and oxygen atoms in total. The first kappa shape index (κ1) is 15.0. The molecule has 0 amide bonds. The van der Waals surface area contributed by atoms with Crippen molar-refractivity contribution in [1.29, 1.82) is 0 Å². The molecule has 1 aromatic carbocycles. The topological polar surface area (TPSA) is 24.9 Å². The van der Waals surface area contributed by atoms with E-state index in [0.717, 1.165) is 22.5 Å². The Bertz CT molecular complexity index is 606. The van der Waals surface area contributed by atoms with Crippen molar-refractivity contribution in [3.8, 4) is 0 Å². The summed E-state index contributed by atoms with van der Waals surface area (Å²) in [7, 11) is 0. The van der Waals surface area contributed by atoms with Crippen LogP contribution in [0.2, 0.25) is 0 Å². The predicted molar refractivity (Wildman–Crippen MR) is 89.4 cm³/mol. The van der Waals surface area contributed by atoms with Crippen LogP contribution in [0.4, 0.5) is 5.82 Å². The van der Waals surface area contributed by atoms with Crippen LogP contribution in [0.1, 0.15) is 30.7 Å². The minimum Gasteiger partial charge on any atom is -0.369 e. The van der Waals surface area contributed by atoms with Gasteiger partial charge in [0.15, 0.2) is 0 Å². The number of nitrogens with zero attached hydrogens (tertiary/aromatic N) is 1. The molecule has 1 aromatic heterocycles. The standard InChI is InChI=1S/C17H21BrN2/c1-12-7-5-6-8-14(12)17(3,4)11-19-16-10-9-15(18)13(2)20-16/h5-10H,11H2,1-4H3,(H,19,20). The van der Waals surface area contributed by atoms with Gasteiger partial charge in [0.05, 0.1) is 5.69 Å². The number of pyridine rings is 1. The molecule has 0 aliphatic carbocycles. The third-order valence-corrected chi connectivity index (χ3v) is 4.45. The number of anilines is 1. The lowest BCUT2D eigenvalue weighted by Crippen LogP contribution is -2.28. The highest BCUT2D eigenvalue weighted by atomic mass is 79.9. The number of hydrogen-bond donors (Lipinski definition) is 1. The number of hydrogen-bond acceptors (Lipinski definition) is 2. The first-order valence-corrected chi connectivity index (χ1v) is 7.62. The van der Waals surface area contributed by atoms with Gasteiger partial charge in [0.2, 0.25) is 0 Å². The number of rotatable bonds is 4. The molecule has 2 aromatic rings. The zero-order chi connectivity index (χ0) is 14.8. The summed E-state index contributed by atoms with van der Waals surface area (Å²) in [6.45, 7) is 9.54. The second-order valence-corrected chi connectivity index (χ2v) is 6.67. The van der Waals surface area contributed by atoms with E-state index in [4.69, 9.17) is 0 Å². The fraction of sp³-hybridized carbons (Fsp3) is 0.353. The number of aromatic nitrogens is 1. The summed E-state index contributed by atoms with van der Waals surface area (Å²) in [4.78, 5) is 4.53. The van der Waals surface area contributed by atoms with Crippen molar-refractivity contribution in [3.05, 3.63) is 57.7 Å².